The number of hydrogen-bond donors (Lipinski definition) is 1. The number of halogens is 3. The largest absolute Gasteiger partial charge is 0.473 e. The summed E-state index contributed by atoms with van der Waals surface area (Å²) in [5.41, 5.74) is 2.75. The van der Waals surface area contributed by atoms with Gasteiger partial charge in [-0.1, -0.05) is 6.07 Å². The highest BCUT2D eigenvalue weighted by molar-refractivity contribution is 6.04. The van der Waals surface area contributed by atoms with Crippen LogP contribution in [0.4, 0.5) is 24.5 Å². The fourth-order valence-electron chi connectivity index (χ4n) is 5.42. The van der Waals surface area contributed by atoms with Gasteiger partial charge >= 0.3 is 6.18 Å². The number of alkyl halides is 3. The van der Waals surface area contributed by atoms with Gasteiger partial charge in [-0.2, -0.15) is 13.2 Å². The van der Waals surface area contributed by atoms with E-state index >= 15 is 0 Å². The molecule has 1 N–H and O–H groups in total. The Morgan fingerprint density at radius 2 is 1.85 bits per heavy atom. The first-order chi connectivity index (χ1) is 19.2. The second-order valence-electron chi connectivity index (χ2n) is 10.7. The van der Waals surface area contributed by atoms with Gasteiger partial charge in [-0.05, 0) is 50.1 Å². The minimum atomic E-state index is -4.54. The van der Waals surface area contributed by atoms with Crippen LogP contribution in [0.2, 0.25) is 0 Å². The second kappa shape index (κ2) is 10.4. The molecule has 1 spiro atoms. The number of carbonyl (C=O) groups excluding carboxylic acids is 1. The van der Waals surface area contributed by atoms with Crippen LogP contribution in [-0.2, 0) is 15.7 Å². The van der Waals surface area contributed by atoms with E-state index in [1.54, 1.807) is 12.3 Å². The summed E-state index contributed by atoms with van der Waals surface area (Å²) in [7, 11) is 0. The van der Waals surface area contributed by atoms with Crippen LogP contribution in [0.3, 0.4) is 0 Å². The van der Waals surface area contributed by atoms with Crippen molar-refractivity contribution in [2.45, 2.75) is 32.0 Å². The Bertz CT molecular complexity index is 1410. The molecular weight excluding hydrogens is 525 g/mol. The van der Waals surface area contributed by atoms with Crippen LogP contribution in [0.1, 0.15) is 34.5 Å². The molecule has 3 fully saturated rings. The first-order valence-corrected chi connectivity index (χ1v) is 13.2. The fraction of sp³-hybridized carbons (Fsp3) is 0.414. The van der Waals surface area contributed by atoms with E-state index in [-0.39, 0.29) is 17.1 Å². The number of pyridine rings is 2. The van der Waals surface area contributed by atoms with Gasteiger partial charge in [0.1, 0.15) is 11.8 Å². The Kier molecular flexibility index (Phi) is 6.87. The van der Waals surface area contributed by atoms with E-state index < -0.39 is 17.6 Å². The van der Waals surface area contributed by atoms with Gasteiger partial charge in [0, 0.05) is 47.1 Å². The quantitative estimate of drug-likeness (QED) is 0.453. The van der Waals surface area contributed by atoms with E-state index in [9.17, 15) is 18.0 Å². The highest BCUT2D eigenvalue weighted by Crippen LogP contribution is 2.49. The van der Waals surface area contributed by atoms with Crippen LogP contribution >= 0.6 is 0 Å². The molecule has 2 aromatic heterocycles. The van der Waals surface area contributed by atoms with Gasteiger partial charge in [-0.3, -0.25) is 9.78 Å². The molecule has 1 saturated carbocycles. The molecule has 40 heavy (non-hydrogen) atoms. The molecule has 0 radical (unpaired) electrons. The smallest absolute Gasteiger partial charge is 0.416 e. The van der Waals surface area contributed by atoms with Crippen molar-refractivity contribution in [3.8, 4) is 17.0 Å². The number of nitrogens with one attached hydrogen (secondary N) is 1. The summed E-state index contributed by atoms with van der Waals surface area (Å²) in [6.45, 7) is 6.05. The number of rotatable bonds is 6. The molecule has 6 rings (SSSR count). The lowest BCUT2D eigenvalue weighted by Crippen LogP contribution is -2.56. The SMILES string of the molecule is Cc1ncc(NC(=O)c2cccc(C(F)(F)F)c2)cc1-c1cnc(OC2CC3(COC3)C2)c(N2CCOCC2)c1. The highest BCUT2D eigenvalue weighted by Gasteiger charge is 2.51. The van der Waals surface area contributed by atoms with E-state index in [4.69, 9.17) is 19.2 Å². The van der Waals surface area contributed by atoms with Crippen LogP contribution in [0.25, 0.3) is 11.1 Å². The Labute approximate surface area is 229 Å². The zero-order valence-corrected chi connectivity index (χ0v) is 22.0. The summed E-state index contributed by atoms with van der Waals surface area (Å²) in [6.07, 6.45) is 0.671. The van der Waals surface area contributed by atoms with Crippen molar-refractivity contribution in [3.63, 3.8) is 0 Å². The molecule has 0 unspecified atom stereocenters. The number of ether oxygens (including phenoxy) is 3. The predicted octanol–water partition coefficient (Wildman–Crippen LogP) is 5.12. The zero-order chi connectivity index (χ0) is 27.9. The van der Waals surface area contributed by atoms with Gasteiger partial charge in [0.25, 0.3) is 5.91 Å². The third kappa shape index (κ3) is 5.35. The lowest BCUT2D eigenvalue weighted by atomic mass is 9.65. The Balaban J connectivity index is 1.25. The Morgan fingerprint density at radius 3 is 2.55 bits per heavy atom. The Hall–Kier alpha value is -3.70. The number of aryl methyl sites for hydroxylation is 1. The molecule has 4 heterocycles. The number of hydrogen-bond acceptors (Lipinski definition) is 7. The number of carbonyl (C=O) groups is 1. The first-order valence-electron chi connectivity index (χ1n) is 13.2. The van der Waals surface area contributed by atoms with Gasteiger partial charge in [0.2, 0.25) is 5.88 Å². The lowest BCUT2D eigenvalue weighted by Gasteiger charge is -2.52. The molecule has 2 saturated heterocycles. The number of aromatic nitrogens is 2. The fourth-order valence-corrected chi connectivity index (χ4v) is 5.42. The molecule has 2 aliphatic heterocycles. The number of nitrogens with zero attached hydrogens (tertiary/aromatic N) is 3. The first kappa shape index (κ1) is 26.5. The minimum absolute atomic E-state index is 0.0963. The van der Waals surface area contributed by atoms with E-state index in [0.29, 0.717) is 43.6 Å². The van der Waals surface area contributed by atoms with Crippen LogP contribution < -0.4 is 15.0 Å². The molecule has 0 atom stereocenters. The van der Waals surface area contributed by atoms with E-state index in [0.717, 1.165) is 55.0 Å². The predicted molar refractivity (Wildman–Crippen MR) is 142 cm³/mol. The van der Waals surface area contributed by atoms with Gasteiger partial charge < -0.3 is 24.4 Å². The molecule has 8 nitrogen and oxygen atoms in total. The van der Waals surface area contributed by atoms with Crippen LogP contribution in [0, 0.1) is 12.3 Å². The van der Waals surface area contributed by atoms with Crippen molar-refractivity contribution in [2.24, 2.45) is 5.41 Å². The molecular formula is C29H29F3N4O4. The number of morpholine rings is 1. The molecule has 0 bridgehead atoms. The number of benzene rings is 1. The number of amides is 1. The van der Waals surface area contributed by atoms with Crippen molar-refractivity contribution >= 4 is 17.3 Å². The van der Waals surface area contributed by atoms with Crippen molar-refractivity contribution < 1.29 is 32.2 Å². The normalized spacial score (nSPS) is 18.6. The lowest BCUT2D eigenvalue weighted by molar-refractivity contribution is -0.191. The molecule has 3 aromatic rings. The van der Waals surface area contributed by atoms with Gasteiger partial charge in [0.05, 0.1) is 43.9 Å². The van der Waals surface area contributed by atoms with Gasteiger partial charge in [-0.15, -0.1) is 0 Å². The third-order valence-corrected chi connectivity index (χ3v) is 7.71. The highest BCUT2D eigenvalue weighted by atomic mass is 19.4. The topological polar surface area (TPSA) is 85.8 Å². The summed E-state index contributed by atoms with van der Waals surface area (Å²) in [5, 5.41) is 2.67. The summed E-state index contributed by atoms with van der Waals surface area (Å²) in [5.74, 6) is -0.0842. The molecule has 11 heteroatoms. The molecule has 3 aliphatic rings. The Morgan fingerprint density at radius 1 is 1.07 bits per heavy atom. The number of anilines is 2. The molecule has 210 valence electrons. The molecule has 1 aliphatic carbocycles. The van der Waals surface area contributed by atoms with Crippen molar-refractivity contribution in [3.05, 3.63) is 65.6 Å². The van der Waals surface area contributed by atoms with E-state index in [1.807, 2.05) is 13.0 Å². The summed E-state index contributed by atoms with van der Waals surface area (Å²) >= 11 is 0. The third-order valence-electron chi connectivity index (χ3n) is 7.71. The molecule has 1 amide bonds. The minimum Gasteiger partial charge on any atom is -0.473 e. The summed E-state index contributed by atoms with van der Waals surface area (Å²) in [6, 6.07) is 8.07. The maximum atomic E-state index is 13.1. The maximum Gasteiger partial charge on any atom is 0.416 e. The monoisotopic (exact) mass is 554 g/mol. The second-order valence-corrected chi connectivity index (χ2v) is 10.7. The van der Waals surface area contributed by atoms with Crippen LogP contribution in [0.15, 0.2) is 48.8 Å². The van der Waals surface area contributed by atoms with Gasteiger partial charge in [0.15, 0.2) is 0 Å². The van der Waals surface area contributed by atoms with E-state index in [1.165, 1.54) is 18.3 Å². The van der Waals surface area contributed by atoms with E-state index in [2.05, 4.69) is 15.2 Å². The average molecular weight is 555 g/mol. The van der Waals surface area contributed by atoms with Crippen LogP contribution in [-0.4, -0.2) is 61.5 Å². The maximum absolute atomic E-state index is 13.1. The van der Waals surface area contributed by atoms with Crippen molar-refractivity contribution in [1.29, 1.82) is 0 Å². The average Bonchev–Trinajstić information content (AvgIpc) is 2.90. The summed E-state index contributed by atoms with van der Waals surface area (Å²) in [4.78, 5) is 24.1. The van der Waals surface area contributed by atoms with Gasteiger partial charge in [-0.25, -0.2) is 4.98 Å². The zero-order valence-electron chi connectivity index (χ0n) is 22.0. The summed E-state index contributed by atoms with van der Waals surface area (Å²) < 4.78 is 56.6. The standard InChI is InChI=1S/C29H29F3N4O4/c1-18-24(11-22(15-33-18)35-26(37)19-3-2-4-21(9-19)29(30,31)32)20-10-25(36-5-7-38-8-6-36)27(34-14-20)40-23-12-28(13-23)16-39-17-28/h2-4,9-11,14-15,23H,5-8,12-13,16-17H2,1H3,(H,35,37). The van der Waals surface area contributed by atoms with Crippen molar-refractivity contribution in [2.75, 3.05) is 49.7 Å². The molecule has 1 aromatic carbocycles. The van der Waals surface area contributed by atoms with Crippen LogP contribution in [0.5, 0.6) is 5.88 Å². The van der Waals surface area contributed by atoms with Crippen molar-refractivity contribution in [1.82, 2.24) is 9.97 Å².